The van der Waals surface area contributed by atoms with E-state index in [-0.39, 0.29) is 30.7 Å². The van der Waals surface area contributed by atoms with Gasteiger partial charge in [0.25, 0.3) is 5.91 Å². The Morgan fingerprint density at radius 1 is 0.816 bits per heavy atom. The molecule has 0 atom stereocenters. The number of unbranched alkanes of at least 4 members (excludes halogenated alkanes) is 4. The number of nitrogens with one attached hydrogen (secondary N) is 2. The molecule has 2 fully saturated rings. The van der Waals surface area contributed by atoms with Gasteiger partial charge in [0.05, 0.1) is 5.57 Å². The van der Waals surface area contributed by atoms with Gasteiger partial charge in [-0.05, 0) is 25.7 Å². The van der Waals surface area contributed by atoms with Gasteiger partial charge >= 0.3 is 5.91 Å². The molecule has 11 heteroatoms. The molecule has 0 aromatic heterocycles. The van der Waals surface area contributed by atoms with E-state index in [1.807, 2.05) is 13.8 Å². The van der Waals surface area contributed by atoms with Crippen molar-refractivity contribution in [2.75, 3.05) is 0 Å². The molecule has 0 bridgehead atoms. The van der Waals surface area contributed by atoms with Crippen LogP contribution >= 0.6 is 0 Å². The van der Waals surface area contributed by atoms with Crippen LogP contribution < -0.4 is 10.6 Å². The maximum Gasteiger partial charge on any atom is 0.302 e. The molecule has 2 heterocycles. The fourth-order valence-electron chi connectivity index (χ4n) is 5.63. The smallest absolute Gasteiger partial charge is 0.302 e. The number of rotatable bonds is 13. The predicted octanol–water partition coefficient (Wildman–Crippen LogP) is 2.82. The van der Waals surface area contributed by atoms with E-state index in [1.54, 1.807) is 0 Å². The molecule has 0 aromatic carbocycles. The van der Waals surface area contributed by atoms with Crippen molar-refractivity contribution in [3.05, 3.63) is 11.3 Å². The monoisotopic (exact) mass is 532 g/mol. The van der Waals surface area contributed by atoms with E-state index < -0.39 is 58.3 Å². The SMILES string of the molecule is CCCCCC(=O)NC(NC(=O)CCCCC)(C1=C(N2C(=O)CCC2=O)C(=O)N(O)C1=O)C1CCCCC1. The van der Waals surface area contributed by atoms with E-state index in [9.17, 15) is 34.0 Å². The summed E-state index contributed by atoms with van der Waals surface area (Å²) in [5, 5.41) is 16.1. The molecule has 3 aliphatic rings. The van der Waals surface area contributed by atoms with Crippen LogP contribution in [0.15, 0.2) is 11.3 Å². The van der Waals surface area contributed by atoms with Crippen LogP contribution in [0.2, 0.25) is 0 Å². The molecule has 0 spiro atoms. The van der Waals surface area contributed by atoms with Crippen molar-refractivity contribution in [3.63, 3.8) is 0 Å². The van der Waals surface area contributed by atoms with E-state index in [2.05, 4.69) is 10.6 Å². The Labute approximate surface area is 223 Å². The molecule has 1 saturated heterocycles. The van der Waals surface area contributed by atoms with Crippen LogP contribution in [0.4, 0.5) is 0 Å². The van der Waals surface area contributed by atoms with Gasteiger partial charge in [-0.25, -0.2) is 4.90 Å². The van der Waals surface area contributed by atoms with Crippen LogP contribution in [-0.4, -0.2) is 56.3 Å². The molecular weight excluding hydrogens is 492 g/mol. The van der Waals surface area contributed by atoms with Crippen molar-refractivity contribution in [2.24, 2.45) is 5.92 Å². The maximum absolute atomic E-state index is 13.5. The first kappa shape index (κ1) is 29.5. The van der Waals surface area contributed by atoms with Crippen molar-refractivity contribution in [1.82, 2.24) is 20.6 Å². The highest BCUT2D eigenvalue weighted by Crippen LogP contribution is 2.41. The van der Waals surface area contributed by atoms with Gasteiger partial charge < -0.3 is 10.6 Å². The molecule has 38 heavy (non-hydrogen) atoms. The first-order chi connectivity index (χ1) is 18.2. The van der Waals surface area contributed by atoms with Crippen LogP contribution in [-0.2, 0) is 28.8 Å². The fraction of sp³-hybridized carbons (Fsp3) is 0.704. The number of carbonyl (C=O) groups is 6. The molecule has 0 aromatic rings. The van der Waals surface area contributed by atoms with Crippen LogP contribution in [0.1, 0.15) is 110 Å². The number of hydroxylamine groups is 2. The minimum atomic E-state index is -1.87. The summed E-state index contributed by atoms with van der Waals surface area (Å²) < 4.78 is 0. The maximum atomic E-state index is 13.5. The lowest BCUT2D eigenvalue weighted by Gasteiger charge is -2.44. The van der Waals surface area contributed by atoms with Crippen LogP contribution in [0.5, 0.6) is 0 Å². The van der Waals surface area contributed by atoms with E-state index in [0.717, 1.165) is 44.9 Å². The molecule has 3 rings (SSSR count). The van der Waals surface area contributed by atoms with Gasteiger partial charge in [-0.1, -0.05) is 58.8 Å². The van der Waals surface area contributed by atoms with E-state index in [4.69, 9.17) is 0 Å². The van der Waals surface area contributed by atoms with Gasteiger partial charge in [-0.15, -0.1) is 5.06 Å². The second-order valence-corrected chi connectivity index (χ2v) is 10.4. The number of hydrogen-bond acceptors (Lipinski definition) is 7. The summed E-state index contributed by atoms with van der Waals surface area (Å²) >= 11 is 0. The molecule has 1 saturated carbocycles. The highest BCUT2D eigenvalue weighted by Gasteiger charge is 2.57. The zero-order valence-electron chi connectivity index (χ0n) is 22.5. The minimum Gasteiger partial charge on any atom is -0.329 e. The standard InChI is InChI=1S/C27H40N4O7/c1-3-5-8-14-19(32)28-27(18-12-10-7-11-13-18,29-20(33)15-9-6-4-2)23-24(26(37)31(38)25(23)36)30-21(34)16-17-22(30)35/h18,38H,3-17H2,1-2H3,(H,28,32)(H,29,33). The third-order valence-electron chi connectivity index (χ3n) is 7.61. The first-order valence-electron chi connectivity index (χ1n) is 14.0. The number of carbonyl (C=O) groups excluding carboxylic acids is 6. The summed E-state index contributed by atoms with van der Waals surface area (Å²) in [6.45, 7) is 4.00. The van der Waals surface area contributed by atoms with Crippen LogP contribution in [0, 0.1) is 5.92 Å². The Morgan fingerprint density at radius 3 is 1.79 bits per heavy atom. The fourth-order valence-corrected chi connectivity index (χ4v) is 5.63. The highest BCUT2D eigenvalue weighted by molar-refractivity contribution is 6.23. The molecule has 3 N–H and O–H groups in total. The zero-order valence-corrected chi connectivity index (χ0v) is 22.5. The van der Waals surface area contributed by atoms with Gasteiger partial charge in [0, 0.05) is 31.6 Å². The molecule has 0 unspecified atom stereocenters. The summed E-state index contributed by atoms with van der Waals surface area (Å²) in [4.78, 5) is 79.3. The van der Waals surface area contributed by atoms with Crippen molar-refractivity contribution in [3.8, 4) is 0 Å². The quantitative estimate of drug-likeness (QED) is 0.143. The lowest BCUT2D eigenvalue weighted by atomic mass is 9.75. The molecular formula is C27H40N4O7. The van der Waals surface area contributed by atoms with E-state index in [0.29, 0.717) is 30.6 Å². The zero-order chi connectivity index (χ0) is 27.9. The van der Waals surface area contributed by atoms with Gasteiger partial charge in [0.2, 0.25) is 23.6 Å². The van der Waals surface area contributed by atoms with E-state index in [1.165, 1.54) is 0 Å². The third-order valence-corrected chi connectivity index (χ3v) is 7.61. The van der Waals surface area contributed by atoms with Crippen LogP contribution in [0.3, 0.4) is 0 Å². The average Bonchev–Trinajstić information content (AvgIpc) is 3.34. The molecule has 210 valence electrons. The molecule has 6 amide bonds. The van der Waals surface area contributed by atoms with Gasteiger partial charge in [0.1, 0.15) is 11.4 Å². The minimum absolute atomic E-state index is 0.128. The van der Waals surface area contributed by atoms with Gasteiger partial charge in [0.15, 0.2) is 0 Å². The molecule has 11 nitrogen and oxygen atoms in total. The predicted molar refractivity (Wildman–Crippen MR) is 136 cm³/mol. The number of nitrogens with zero attached hydrogens (tertiary/aromatic N) is 2. The third kappa shape index (κ3) is 6.14. The normalized spacial score (nSPS) is 19.1. The molecule has 1 aliphatic carbocycles. The van der Waals surface area contributed by atoms with Crippen molar-refractivity contribution in [1.29, 1.82) is 0 Å². The summed E-state index contributed by atoms with van der Waals surface area (Å²) in [6.07, 6.45) is 8.01. The number of amides is 6. The first-order valence-corrected chi connectivity index (χ1v) is 14.0. The van der Waals surface area contributed by atoms with Crippen molar-refractivity contribution < 1.29 is 34.0 Å². The Hall–Kier alpha value is -3.08. The Morgan fingerprint density at radius 2 is 1.32 bits per heavy atom. The Bertz CT molecular complexity index is 959. The van der Waals surface area contributed by atoms with Gasteiger partial charge in [-0.3, -0.25) is 34.0 Å². The summed E-state index contributed by atoms with van der Waals surface area (Å²) in [5.41, 5.74) is -2.87. The summed E-state index contributed by atoms with van der Waals surface area (Å²) in [7, 11) is 0. The average molecular weight is 533 g/mol. The second-order valence-electron chi connectivity index (χ2n) is 10.4. The summed E-state index contributed by atoms with van der Waals surface area (Å²) in [6, 6.07) is 0. The van der Waals surface area contributed by atoms with Crippen molar-refractivity contribution >= 4 is 35.4 Å². The second kappa shape index (κ2) is 13.1. The lowest BCUT2D eigenvalue weighted by molar-refractivity contribution is -0.172. The number of hydrogen-bond donors (Lipinski definition) is 3. The lowest BCUT2D eigenvalue weighted by Crippen LogP contribution is -2.67. The highest BCUT2D eigenvalue weighted by atomic mass is 16.5. The Kier molecular flexibility index (Phi) is 10.2. The van der Waals surface area contributed by atoms with Gasteiger partial charge in [-0.2, -0.15) is 0 Å². The molecule has 0 radical (unpaired) electrons. The number of likely N-dealkylation sites (tertiary alicyclic amines) is 1. The Balaban J connectivity index is 2.20. The topological polar surface area (TPSA) is 153 Å². The van der Waals surface area contributed by atoms with Crippen LogP contribution in [0.25, 0.3) is 0 Å². The number of imide groups is 2. The van der Waals surface area contributed by atoms with Crippen molar-refractivity contribution in [2.45, 2.75) is 116 Å². The largest absolute Gasteiger partial charge is 0.329 e. The van der Waals surface area contributed by atoms with E-state index >= 15 is 0 Å². The molecule has 2 aliphatic heterocycles. The summed E-state index contributed by atoms with van der Waals surface area (Å²) in [5.74, 6) is -5.11.